The minimum absolute atomic E-state index is 0.173. The zero-order valence-corrected chi connectivity index (χ0v) is 11.4. The number of nitrogens with one attached hydrogen (secondary N) is 2. The lowest BCUT2D eigenvalue weighted by atomic mass is 9.84. The summed E-state index contributed by atoms with van der Waals surface area (Å²) in [5, 5.41) is 11.8. The Morgan fingerprint density at radius 2 is 2.45 bits per heavy atom. The van der Waals surface area contributed by atoms with Crippen molar-refractivity contribution in [1.29, 1.82) is 0 Å². The molecule has 1 aromatic heterocycles. The maximum atomic E-state index is 12.3. The van der Waals surface area contributed by atoms with E-state index in [-0.39, 0.29) is 18.4 Å². The smallest absolute Gasteiger partial charge is 0.326 e. The number of H-pyrrole nitrogens is 1. The van der Waals surface area contributed by atoms with Crippen LogP contribution in [0, 0.1) is 5.41 Å². The van der Waals surface area contributed by atoms with Gasteiger partial charge in [-0.05, 0) is 19.8 Å². The number of hydrogen-bond donors (Lipinski definition) is 4. The molecule has 1 amide bonds. The van der Waals surface area contributed by atoms with Crippen LogP contribution in [-0.4, -0.2) is 39.0 Å². The summed E-state index contributed by atoms with van der Waals surface area (Å²) in [4.78, 5) is 30.3. The van der Waals surface area contributed by atoms with Crippen molar-refractivity contribution in [1.82, 2.24) is 15.3 Å². The zero-order chi connectivity index (χ0) is 14.8. The van der Waals surface area contributed by atoms with Crippen molar-refractivity contribution in [2.24, 2.45) is 11.1 Å². The van der Waals surface area contributed by atoms with Crippen molar-refractivity contribution in [2.75, 3.05) is 0 Å². The first-order valence-electron chi connectivity index (χ1n) is 6.70. The molecule has 1 heterocycles. The van der Waals surface area contributed by atoms with E-state index in [4.69, 9.17) is 5.73 Å². The molecule has 3 atom stereocenters. The van der Waals surface area contributed by atoms with Crippen LogP contribution in [0.4, 0.5) is 0 Å². The third-order valence-electron chi connectivity index (χ3n) is 4.13. The summed E-state index contributed by atoms with van der Waals surface area (Å²) < 4.78 is 0. The van der Waals surface area contributed by atoms with Crippen molar-refractivity contribution in [3.63, 3.8) is 0 Å². The van der Waals surface area contributed by atoms with Crippen LogP contribution >= 0.6 is 0 Å². The largest absolute Gasteiger partial charge is 0.480 e. The van der Waals surface area contributed by atoms with Crippen LogP contribution < -0.4 is 11.1 Å². The van der Waals surface area contributed by atoms with Crippen molar-refractivity contribution in [2.45, 2.75) is 44.7 Å². The van der Waals surface area contributed by atoms with E-state index in [0.717, 1.165) is 12.8 Å². The molecule has 0 saturated heterocycles. The minimum Gasteiger partial charge on any atom is -0.480 e. The number of carbonyl (C=O) groups excluding carboxylic acids is 1. The molecular formula is C13H20N4O3. The predicted molar refractivity (Wildman–Crippen MR) is 71.8 cm³/mol. The number of carboxylic acid groups (broad SMARTS) is 1. The number of aliphatic carboxylic acids is 1. The number of aromatic amines is 1. The summed E-state index contributed by atoms with van der Waals surface area (Å²) in [6, 6.07) is -1.20. The van der Waals surface area contributed by atoms with Gasteiger partial charge in [-0.2, -0.15) is 0 Å². The number of nitrogens with zero attached hydrogens (tertiary/aromatic N) is 1. The molecule has 7 nitrogen and oxygen atoms in total. The fourth-order valence-electron chi connectivity index (χ4n) is 2.61. The maximum Gasteiger partial charge on any atom is 0.326 e. The van der Waals surface area contributed by atoms with E-state index < -0.39 is 17.4 Å². The SMILES string of the molecule is CC1(C(=O)NC(Cc2cnc[nH]2)C(=O)O)CCCC1N. The summed E-state index contributed by atoms with van der Waals surface area (Å²) >= 11 is 0. The van der Waals surface area contributed by atoms with Crippen molar-refractivity contribution in [3.05, 3.63) is 18.2 Å². The van der Waals surface area contributed by atoms with Gasteiger partial charge in [0, 0.05) is 24.4 Å². The molecule has 7 heteroatoms. The average molecular weight is 280 g/mol. The van der Waals surface area contributed by atoms with E-state index in [2.05, 4.69) is 15.3 Å². The standard InChI is InChI=1S/C13H20N4O3/c1-13(4-2-3-10(13)14)12(20)17-9(11(18)19)5-8-6-15-7-16-8/h6-7,9-10H,2-5,14H2,1H3,(H,15,16)(H,17,20)(H,18,19). The molecule has 0 aliphatic heterocycles. The van der Waals surface area contributed by atoms with Gasteiger partial charge in [-0.15, -0.1) is 0 Å². The lowest BCUT2D eigenvalue weighted by Gasteiger charge is -2.29. The molecule has 0 radical (unpaired) electrons. The molecule has 5 N–H and O–H groups in total. The number of imidazole rings is 1. The van der Waals surface area contributed by atoms with E-state index in [0.29, 0.717) is 12.1 Å². The second kappa shape index (κ2) is 5.62. The third kappa shape index (κ3) is 2.82. The van der Waals surface area contributed by atoms with Gasteiger partial charge >= 0.3 is 5.97 Å². The molecular weight excluding hydrogens is 260 g/mol. The highest BCUT2D eigenvalue weighted by atomic mass is 16.4. The summed E-state index contributed by atoms with van der Waals surface area (Å²) in [7, 11) is 0. The Kier molecular flexibility index (Phi) is 4.08. The zero-order valence-electron chi connectivity index (χ0n) is 11.4. The number of aromatic nitrogens is 2. The first kappa shape index (κ1) is 14.5. The molecule has 1 aliphatic carbocycles. The number of nitrogens with two attached hydrogens (primary N) is 1. The van der Waals surface area contributed by atoms with Crippen LogP contribution in [-0.2, 0) is 16.0 Å². The second-order valence-corrected chi connectivity index (χ2v) is 5.56. The van der Waals surface area contributed by atoms with Crippen LogP contribution in [0.15, 0.2) is 12.5 Å². The summed E-state index contributed by atoms with van der Waals surface area (Å²) in [5.74, 6) is -1.35. The Morgan fingerprint density at radius 1 is 1.70 bits per heavy atom. The molecule has 1 saturated carbocycles. The Hall–Kier alpha value is -1.89. The van der Waals surface area contributed by atoms with Gasteiger partial charge in [-0.25, -0.2) is 9.78 Å². The second-order valence-electron chi connectivity index (χ2n) is 5.56. The predicted octanol–water partition coefficient (Wildman–Crippen LogP) is 0.0391. The quantitative estimate of drug-likeness (QED) is 0.606. The molecule has 0 aromatic carbocycles. The van der Waals surface area contributed by atoms with Gasteiger partial charge in [0.1, 0.15) is 6.04 Å². The molecule has 20 heavy (non-hydrogen) atoms. The first-order chi connectivity index (χ1) is 9.43. The van der Waals surface area contributed by atoms with Crippen LogP contribution in [0.2, 0.25) is 0 Å². The van der Waals surface area contributed by atoms with Crippen LogP contribution in [0.5, 0.6) is 0 Å². The summed E-state index contributed by atoms with van der Waals surface area (Å²) in [6.07, 6.45) is 5.57. The normalized spacial score (nSPS) is 27.2. The van der Waals surface area contributed by atoms with E-state index in [1.807, 2.05) is 0 Å². The van der Waals surface area contributed by atoms with Gasteiger partial charge in [0.2, 0.25) is 5.91 Å². The molecule has 1 fully saturated rings. The third-order valence-corrected chi connectivity index (χ3v) is 4.13. The Bertz CT molecular complexity index is 488. The lowest BCUT2D eigenvalue weighted by molar-refractivity contribution is -0.143. The molecule has 1 aliphatic rings. The Labute approximate surface area is 117 Å². The number of rotatable bonds is 5. The molecule has 110 valence electrons. The van der Waals surface area contributed by atoms with Crippen LogP contribution in [0.25, 0.3) is 0 Å². The summed E-state index contributed by atoms with van der Waals surface area (Å²) in [6.45, 7) is 1.80. The van der Waals surface area contributed by atoms with E-state index in [9.17, 15) is 14.7 Å². The fraction of sp³-hybridized carbons (Fsp3) is 0.615. The van der Waals surface area contributed by atoms with Gasteiger partial charge in [0.25, 0.3) is 0 Å². The van der Waals surface area contributed by atoms with Gasteiger partial charge in [0.05, 0.1) is 11.7 Å². The van der Waals surface area contributed by atoms with E-state index in [1.54, 1.807) is 13.1 Å². The average Bonchev–Trinajstić information content (AvgIpc) is 3.00. The molecule has 1 aromatic rings. The Morgan fingerprint density at radius 3 is 2.95 bits per heavy atom. The highest BCUT2D eigenvalue weighted by Gasteiger charge is 2.44. The molecule has 0 bridgehead atoms. The first-order valence-corrected chi connectivity index (χ1v) is 6.70. The topological polar surface area (TPSA) is 121 Å². The maximum absolute atomic E-state index is 12.3. The number of hydrogen-bond acceptors (Lipinski definition) is 4. The molecule has 2 rings (SSSR count). The van der Waals surface area contributed by atoms with Gasteiger partial charge in [0.15, 0.2) is 0 Å². The summed E-state index contributed by atoms with van der Waals surface area (Å²) in [5.41, 5.74) is 5.96. The highest BCUT2D eigenvalue weighted by Crippen LogP contribution is 2.36. The highest BCUT2D eigenvalue weighted by molar-refractivity contribution is 5.88. The van der Waals surface area contributed by atoms with E-state index in [1.165, 1.54) is 6.33 Å². The monoisotopic (exact) mass is 280 g/mol. The fourth-order valence-corrected chi connectivity index (χ4v) is 2.61. The minimum atomic E-state index is -1.07. The number of amides is 1. The number of carboxylic acids is 1. The van der Waals surface area contributed by atoms with Crippen LogP contribution in [0.1, 0.15) is 31.9 Å². The van der Waals surface area contributed by atoms with Crippen molar-refractivity contribution in [3.8, 4) is 0 Å². The van der Waals surface area contributed by atoms with Crippen molar-refractivity contribution >= 4 is 11.9 Å². The van der Waals surface area contributed by atoms with E-state index >= 15 is 0 Å². The molecule has 3 unspecified atom stereocenters. The lowest BCUT2D eigenvalue weighted by Crippen LogP contribution is -2.52. The van der Waals surface area contributed by atoms with Gasteiger partial charge < -0.3 is 21.1 Å². The van der Waals surface area contributed by atoms with Crippen LogP contribution in [0.3, 0.4) is 0 Å². The Balaban J connectivity index is 2.04. The molecule has 0 spiro atoms. The number of carbonyl (C=O) groups is 2. The van der Waals surface area contributed by atoms with Gasteiger partial charge in [-0.3, -0.25) is 4.79 Å². The van der Waals surface area contributed by atoms with Crippen molar-refractivity contribution < 1.29 is 14.7 Å². The van der Waals surface area contributed by atoms with Gasteiger partial charge in [-0.1, -0.05) is 6.42 Å².